The molecule has 1 aliphatic rings. The van der Waals surface area contributed by atoms with Gasteiger partial charge in [0.15, 0.2) is 0 Å². The normalized spacial score (nSPS) is 26.2. The summed E-state index contributed by atoms with van der Waals surface area (Å²) in [4.78, 5) is 0. The lowest BCUT2D eigenvalue weighted by Gasteiger charge is -2.18. The van der Waals surface area contributed by atoms with Gasteiger partial charge in [-0.3, -0.25) is 0 Å². The average Bonchev–Trinajstić information content (AvgIpc) is 2.32. The summed E-state index contributed by atoms with van der Waals surface area (Å²) in [6, 6.07) is -0.549. The van der Waals surface area contributed by atoms with Crippen LogP contribution in [0.25, 0.3) is 0 Å². The van der Waals surface area contributed by atoms with Gasteiger partial charge < -0.3 is 10.4 Å². The Labute approximate surface area is 68.1 Å². The zero-order valence-electron chi connectivity index (χ0n) is 6.30. The summed E-state index contributed by atoms with van der Waals surface area (Å²) < 4.78 is 35.2. The van der Waals surface area contributed by atoms with Crippen LogP contribution in [0.5, 0.6) is 0 Å². The van der Waals surface area contributed by atoms with E-state index in [4.69, 9.17) is 5.11 Å². The van der Waals surface area contributed by atoms with Crippen molar-refractivity contribution in [1.29, 1.82) is 0 Å². The molecule has 0 spiro atoms. The summed E-state index contributed by atoms with van der Waals surface area (Å²) in [5, 5.41) is 11.8. The number of alkyl halides is 3. The molecule has 1 heterocycles. The fourth-order valence-electron chi connectivity index (χ4n) is 1.12. The minimum Gasteiger partial charge on any atom is -0.391 e. The summed E-state index contributed by atoms with van der Waals surface area (Å²) in [5.41, 5.74) is 0. The number of aliphatic hydroxyl groups excluding tert-OH is 1. The third kappa shape index (κ3) is 2.83. The first-order valence-electron chi connectivity index (χ1n) is 3.64. The second-order valence-electron chi connectivity index (χ2n) is 2.75. The molecule has 1 rings (SSSR count). The predicted octanol–water partition coefficient (Wildman–Crippen LogP) is 0.828. The molecular weight excluding hydrogens is 171 g/mol. The molecule has 12 heavy (non-hydrogen) atoms. The third-order valence-electron chi connectivity index (χ3n) is 1.67. The fraction of sp³-hybridized carbons (Fsp3) is 0.714. The molecule has 0 radical (unpaired) electrons. The fourth-order valence-corrected chi connectivity index (χ4v) is 1.12. The molecule has 0 aromatic carbocycles. The number of rotatable bonds is 2. The van der Waals surface area contributed by atoms with Crippen molar-refractivity contribution in [1.82, 2.24) is 5.32 Å². The highest BCUT2D eigenvalue weighted by Crippen LogP contribution is 2.23. The van der Waals surface area contributed by atoms with E-state index < -0.39 is 24.7 Å². The summed E-state index contributed by atoms with van der Waals surface area (Å²) in [6.45, 7) is 0.527. The molecule has 1 aliphatic heterocycles. The second kappa shape index (κ2) is 3.45. The Morgan fingerprint density at radius 1 is 1.58 bits per heavy atom. The standard InChI is InChI=1S/C7H10F3NO/c8-7(9,10)4-6(12)5-2-1-3-11-5/h1-2,5-6,11-12H,3-4H2. The molecule has 0 saturated heterocycles. The summed E-state index contributed by atoms with van der Waals surface area (Å²) in [6.07, 6.45) is -3.57. The second-order valence-corrected chi connectivity index (χ2v) is 2.75. The van der Waals surface area contributed by atoms with E-state index in [1.54, 1.807) is 12.2 Å². The van der Waals surface area contributed by atoms with Crippen LogP contribution >= 0.6 is 0 Å². The number of halogens is 3. The number of aliphatic hydroxyl groups is 1. The van der Waals surface area contributed by atoms with Gasteiger partial charge in [0.2, 0.25) is 0 Å². The van der Waals surface area contributed by atoms with Gasteiger partial charge in [-0.25, -0.2) is 0 Å². The van der Waals surface area contributed by atoms with Crippen LogP contribution in [0.1, 0.15) is 6.42 Å². The number of hydrogen-bond donors (Lipinski definition) is 2. The Hall–Kier alpha value is -0.550. The Morgan fingerprint density at radius 3 is 2.67 bits per heavy atom. The summed E-state index contributed by atoms with van der Waals surface area (Å²) >= 11 is 0. The molecule has 70 valence electrons. The van der Waals surface area contributed by atoms with Crippen molar-refractivity contribution < 1.29 is 18.3 Å². The molecule has 0 aromatic rings. The average molecular weight is 181 g/mol. The van der Waals surface area contributed by atoms with Gasteiger partial charge in [0.05, 0.1) is 18.6 Å². The minimum absolute atomic E-state index is 0.527. The lowest BCUT2D eigenvalue weighted by Crippen LogP contribution is -2.37. The predicted molar refractivity (Wildman–Crippen MR) is 37.6 cm³/mol. The molecule has 2 unspecified atom stereocenters. The highest BCUT2D eigenvalue weighted by atomic mass is 19.4. The van der Waals surface area contributed by atoms with Crippen molar-refractivity contribution >= 4 is 0 Å². The molecule has 2 nitrogen and oxygen atoms in total. The molecule has 2 atom stereocenters. The van der Waals surface area contributed by atoms with Crippen molar-refractivity contribution in [3.05, 3.63) is 12.2 Å². The van der Waals surface area contributed by atoms with Crippen LogP contribution in [0, 0.1) is 0 Å². The first-order valence-corrected chi connectivity index (χ1v) is 3.64. The molecule has 0 amide bonds. The monoisotopic (exact) mass is 181 g/mol. The van der Waals surface area contributed by atoms with Crippen molar-refractivity contribution in [2.24, 2.45) is 0 Å². The number of hydrogen-bond acceptors (Lipinski definition) is 2. The van der Waals surface area contributed by atoms with E-state index in [9.17, 15) is 13.2 Å². The molecule has 0 fully saturated rings. The topological polar surface area (TPSA) is 32.3 Å². The van der Waals surface area contributed by atoms with Crippen LogP contribution in [0.2, 0.25) is 0 Å². The molecule has 0 aromatic heterocycles. The zero-order chi connectivity index (χ0) is 9.19. The molecule has 5 heteroatoms. The van der Waals surface area contributed by atoms with Crippen molar-refractivity contribution in [2.75, 3.05) is 6.54 Å². The van der Waals surface area contributed by atoms with Gasteiger partial charge >= 0.3 is 6.18 Å². The van der Waals surface area contributed by atoms with Crippen LogP contribution in [0.3, 0.4) is 0 Å². The first-order chi connectivity index (χ1) is 5.49. The summed E-state index contributed by atoms with van der Waals surface area (Å²) in [7, 11) is 0. The van der Waals surface area contributed by atoms with Crippen molar-refractivity contribution in [3.63, 3.8) is 0 Å². The maximum absolute atomic E-state index is 11.7. The quantitative estimate of drug-likeness (QED) is 0.618. The third-order valence-corrected chi connectivity index (χ3v) is 1.67. The smallest absolute Gasteiger partial charge is 0.391 e. The van der Waals surface area contributed by atoms with Crippen LogP contribution in [-0.2, 0) is 0 Å². The molecule has 0 bridgehead atoms. The Balaban J connectivity index is 2.37. The van der Waals surface area contributed by atoms with E-state index in [0.717, 1.165) is 0 Å². The largest absolute Gasteiger partial charge is 0.391 e. The van der Waals surface area contributed by atoms with Crippen LogP contribution < -0.4 is 5.32 Å². The SMILES string of the molecule is OC(CC(F)(F)F)C1C=CCN1. The van der Waals surface area contributed by atoms with Crippen molar-refractivity contribution in [2.45, 2.75) is 24.7 Å². The minimum atomic E-state index is -4.29. The van der Waals surface area contributed by atoms with E-state index in [2.05, 4.69) is 5.32 Å². The summed E-state index contributed by atoms with van der Waals surface area (Å²) in [5.74, 6) is 0. The van der Waals surface area contributed by atoms with Gasteiger partial charge in [0.25, 0.3) is 0 Å². The molecule has 0 saturated carbocycles. The van der Waals surface area contributed by atoms with Gasteiger partial charge in [-0.1, -0.05) is 12.2 Å². The first kappa shape index (κ1) is 9.54. The van der Waals surface area contributed by atoms with Crippen molar-refractivity contribution in [3.8, 4) is 0 Å². The van der Waals surface area contributed by atoms with E-state index in [1.807, 2.05) is 0 Å². The van der Waals surface area contributed by atoms with Crippen LogP contribution in [0.15, 0.2) is 12.2 Å². The van der Waals surface area contributed by atoms with Gasteiger partial charge in [-0.15, -0.1) is 0 Å². The van der Waals surface area contributed by atoms with E-state index in [-0.39, 0.29) is 0 Å². The molecule has 0 aliphatic carbocycles. The molecule has 2 N–H and O–H groups in total. The Morgan fingerprint density at radius 2 is 2.25 bits per heavy atom. The Bertz CT molecular complexity index is 178. The van der Waals surface area contributed by atoms with Gasteiger partial charge in [-0.2, -0.15) is 13.2 Å². The highest BCUT2D eigenvalue weighted by molar-refractivity contribution is 5.05. The van der Waals surface area contributed by atoms with E-state index in [1.165, 1.54) is 0 Å². The van der Waals surface area contributed by atoms with Gasteiger partial charge in [-0.05, 0) is 0 Å². The maximum Gasteiger partial charge on any atom is 0.391 e. The maximum atomic E-state index is 11.7. The van der Waals surface area contributed by atoms with Gasteiger partial charge in [0.1, 0.15) is 0 Å². The lowest BCUT2D eigenvalue weighted by atomic mass is 10.1. The highest BCUT2D eigenvalue weighted by Gasteiger charge is 2.34. The Kier molecular flexibility index (Phi) is 2.74. The lowest BCUT2D eigenvalue weighted by molar-refractivity contribution is -0.154. The van der Waals surface area contributed by atoms with Crippen LogP contribution in [0.4, 0.5) is 13.2 Å². The van der Waals surface area contributed by atoms with Gasteiger partial charge in [0, 0.05) is 6.54 Å². The van der Waals surface area contributed by atoms with E-state index in [0.29, 0.717) is 6.54 Å². The molecular formula is C7H10F3NO. The zero-order valence-corrected chi connectivity index (χ0v) is 6.30. The van der Waals surface area contributed by atoms with Crippen LogP contribution in [-0.4, -0.2) is 30.0 Å². The van der Waals surface area contributed by atoms with E-state index >= 15 is 0 Å². The number of nitrogens with one attached hydrogen (secondary N) is 1.